The number of carbonyl (C=O) groups is 1. The number of hydrogen-bond donors (Lipinski definition) is 0. The molecule has 0 saturated carbocycles. The highest BCUT2D eigenvalue weighted by Gasteiger charge is 2.05. The molecule has 0 radical (unpaired) electrons. The monoisotopic (exact) mass is 242 g/mol. The van der Waals surface area contributed by atoms with Crippen LogP contribution in [0.4, 0.5) is 0 Å². The van der Waals surface area contributed by atoms with Gasteiger partial charge >= 0.3 is 0 Å². The van der Waals surface area contributed by atoms with E-state index in [9.17, 15) is 4.79 Å². The van der Waals surface area contributed by atoms with Crippen LogP contribution in [0.2, 0.25) is 0 Å². The van der Waals surface area contributed by atoms with Crippen molar-refractivity contribution in [2.75, 3.05) is 0 Å². The Morgan fingerprint density at radius 3 is 2.53 bits per heavy atom. The van der Waals surface area contributed by atoms with Gasteiger partial charge in [-0.05, 0) is 37.1 Å². The summed E-state index contributed by atoms with van der Waals surface area (Å²) in [7, 11) is 0. The van der Waals surface area contributed by atoms with Gasteiger partial charge in [0.2, 0.25) is 0 Å². The van der Waals surface area contributed by atoms with Gasteiger partial charge in [0.1, 0.15) is 0 Å². The Morgan fingerprint density at radius 2 is 1.76 bits per heavy atom. The molecule has 1 nitrogen and oxygen atoms in total. The first-order chi connectivity index (χ1) is 8.20. The third kappa shape index (κ3) is 2.77. The number of aryl methyl sites for hydroxylation is 2. The highest BCUT2D eigenvalue weighted by molar-refractivity contribution is 7.99. The molecule has 0 aromatic heterocycles. The van der Waals surface area contributed by atoms with Crippen LogP contribution in [-0.2, 0) is 0 Å². The molecule has 0 aliphatic rings. The second-order valence-electron chi connectivity index (χ2n) is 4.03. The normalized spacial score (nSPS) is 10.2. The maximum atomic E-state index is 11.0. The van der Waals surface area contributed by atoms with Crippen molar-refractivity contribution in [3.8, 4) is 0 Å². The summed E-state index contributed by atoms with van der Waals surface area (Å²) in [5.41, 5.74) is 3.22. The van der Waals surface area contributed by atoms with E-state index in [-0.39, 0.29) is 0 Å². The van der Waals surface area contributed by atoms with E-state index in [1.165, 1.54) is 16.0 Å². The highest BCUT2D eigenvalue weighted by Crippen LogP contribution is 2.32. The molecule has 0 spiro atoms. The summed E-state index contributed by atoms with van der Waals surface area (Å²) in [6.45, 7) is 4.17. The van der Waals surface area contributed by atoms with Crippen molar-refractivity contribution >= 4 is 18.0 Å². The SMILES string of the molecule is Cc1ccc(C)c(Sc2ccccc2C=O)c1. The highest BCUT2D eigenvalue weighted by atomic mass is 32.2. The lowest BCUT2D eigenvalue weighted by molar-refractivity contribution is 0.112. The fraction of sp³-hybridized carbons (Fsp3) is 0.133. The van der Waals surface area contributed by atoms with E-state index in [2.05, 4.69) is 32.0 Å². The standard InChI is InChI=1S/C15H14OS/c1-11-7-8-12(2)15(9-11)17-14-6-4-3-5-13(14)10-16/h3-10H,1-2H3. The Kier molecular flexibility index (Phi) is 3.64. The fourth-order valence-corrected chi connectivity index (χ4v) is 2.70. The summed E-state index contributed by atoms with van der Waals surface area (Å²) in [5, 5.41) is 0. The Morgan fingerprint density at radius 1 is 1.00 bits per heavy atom. The maximum absolute atomic E-state index is 11.0. The van der Waals surface area contributed by atoms with Crippen LogP contribution in [-0.4, -0.2) is 6.29 Å². The van der Waals surface area contributed by atoms with E-state index in [0.717, 1.165) is 16.7 Å². The predicted octanol–water partition coefficient (Wildman–Crippen LogP) is 4.27. The van der Waals surface area contributed by atoms with Crippen LogP contribution in [0.25, 0.3) is 0 Å². The quantitative estimate of drug-likeness (QED) is 0.748. The lowest BCUT2D eigenvalue weighted by atomic mass is 10.2. The smallest absolute Gasteiger partial charge is 0.151 e. The summed E-state index contributed by atoms with van der Waals surface area (Å²) in [6.07, 6.45) is 0.910. The Bertz CT molecular complexity index is 546. The maximum Gasteiger partial charge on any atom is 0.151 e. The van der Waals surface area contributed by atoms with Crippen LogP contribution in [0.3, 0.4) is 0 Å². The minimum Gasteiger partial charge on any atom is -0.298 e. The summed E-state index contributed by atoms with van der Waals surface area (Å²) >= 11 is 1.65. The molecule has 2 heteroatoms. The summed E-state index contributed by atoms with van der Waals surface area (Å²) < 4.78 is 0. The molecule has 0 unspecified atom stereocenters. The molecular weight excluding hydrogens is 228 g/mol. The Labute approximate surface area is 106 Å². The zero-order valence-corrected chi connectivity index (χ0v) is 10.8. The molecule has 2 aromatic rings. The molecule has 0 aliphatic carbocycles. The number of rotatable bonds is 3. The average molecular weight is 242 g/mol. The van der Waals surface area contributed by atoms with Crippen LogP contribution >= 0.6 is 11.8 Å². The van der Waals surface area contributed by atoms with Crippen LogP contribution in [0.1, 0.15) is 21.5 Å². The molecule has 2 rings (SSSR count). The summed E-state index contributed by atoms with van der Waals surface area (Å²) in [4.78, 5) is 13.2. The molecule has 0 heterocycles. The van der Waals surface area contributed by atoms with Crippen LogP contribution in [0.5, 0.6) is 0 Å². The molecular formula is C15H14OS. The van der Waals surface area contributed by atoms with Gasteiger partial charge < -0.3 is 0 Å². The van der Waals surface area contributed by atoms with Gasteiger partial charge in [-0.25, -0.2) is 0 Å². The number of benzene rings is 2. The van der Waals surface area contributed by atoms with E-state index in [1.807, 2.05) is 24.3 Å². The number of hydrogen-bond acceptors (Lipinski definition) is 2. The van der Waals surface area contributed by atoms with Crippen molar-refractivity contribution < 1.29 is 4.79 Å². The molecule has 2 aromatic carbocycles. The van der Waals surface area contributed by atoms with Gasteiger partial charge in [-0.15, -0.1) is 0 Å². The van der Waals surface area contributed by atoms with E-state index in [4.69, 9.17) is 0 Å². The second kappa shape index (κ2) is 5.19. The van der Waals surface area contributed by atoms with Gasteiger partial charge in [0.05, 0.1) is 0 Å². The lowest BCUT2D eigenvalue weighted by Gasteiger charge is -2.08. The summed E-state index contributed by atoms with van der Waals surface area (Å²) in [5.74, 6) is 0. The van der Waals surface area contributed by atoms with Crippen LogP contribution in [0, 0.1) is 13.8 Å². The Balaban J connectivity index is 2.37. The van der Waals surface area contributed by atoms with E-state index in [1.54, 1.807) is 11.8 Å². The largest absolute Gasteiger partial charge is 0.298 e. The molecule has 0 aliphatic heterocycles. The first kappa shape index (κ1) is 11.9. The topological polar surface area (TPSA) is 17.1 Å². The van der Waals surface area contributed by atoms with E-state index < -0.39 is 0 Å². The third-order valence-electron chi connectivity index (χ3n) is 2.61. The Hall–Kier alpha value is -1.54. The van der Waals surface area contributed by atoms with Gasteiger partial charge in [-0.2, -0.15) is 0 Å². The molecule has 0 bridgehead atoms. The van der Waals surface area contributed by atoms with E-state index >= 15 is 0 Å². The number of carbonyl (C=O) groups excluding carboxylic acids is 1. The van der Waals surface area contributed by atoms with Crippen LogP contribution in [0.15, 0.2) is 52.3 Å². The third-order valence-corrected chi connectivity index (χ3v) is 3.86. The molecule has 0 amide bonds. The lowest BCUT2D eigenvalue weighted by Crippen LogP contribution is -1.86. The first-order valence-electron chi connectivity index (χ1n) is 5.50. The molecule has 0 N–H and O–H groups in total. The van der Waals surface area contributed by atoms with Crippen molar-refractivity contribution in [2.24, 2.45) is 0 Å². The predicted molar refractivity (Wildman–Crippen MR) is 71.9 cm³/mol. The molecule has 0 atom stereocenters. The van der Waals surface area contributed by atoms with Crippen molar-refractivity contribution in [1.29, 1.82) is 0 Å². The molecule has 0 fully saturated rings. The van der Waals surface area contributed by atoms with Gasteiger partial charge in [0, 0.05) is 15.4 Å². The van der Waals surface area contributed by atoms with Gasteiger partial charge in [-0.3, -0.25) is 4.79 Å². The van der Waals surface area contributed by atoms with Crippen molar-refractivity contribution in [1.82, 2.24) is 0 Å². The van der Waals surface area contributed by atoms with Crippen molar-refractivity contribution in [3.63, 3.8) is 0 Å². The second-order valence-corrected chi connectivity index (χ2v) is 5.11. The van der Waals surface area contributed by atoms with Gasteiger partial charge in [0.25, 0.3) is 0 Å². The van der Waals surface area contributed by atoms with E-state index in [0.29, 0.717) is 0 Å². The van der Waals surface area contributed by atoms with Crippen LogP contribution < -0.4 is 0 Å². The molecule has 0 saturated heterocycles. The average Bonchev–Trinajstić information content (AvgIpc) is 2.34. The minimum atomic E-state index is 0.749. The van der Waals surface area contributed by atoms with Gasteiger partial charge in [0.15, 0.2) is 6.29 Å². The zero-order valence-electron chi connectivity index (χ0n) is 9.94. The zero-order chi connectivity index (χ0) is 12.3. The fourth-order valence-electron chi connectivity index (χ4n) is 1.61. The molecule has 86 valence electrons. The van der Waals surface area contributed by atoms with Gasteiger partial charge in [-0.1, -0.05) is 42.1 Å². The summed E-state index contributed by atoms with van der Waals surface area (Å²) in [6, 6.07) is 14.0. The minimum absolute atomic E-state index is 0.749. The van der Waals surface area contributed by atoms with Crippen molar-refractivity contribution in [3.05, 3.63) is 59.2 Å². The van der Waals surface area contributed by atoms with Crippen molar-refractivity contribution in [2.45, 2.75) is 23.6 Å². The number of aldehydes is 1. The first-order valence-corrected chi connectivity index (χ1v) is 6.31. The molecule has 17 heavy (non-hydrogen) atoms.